The monoisotopic (exact) mass is 360 g/mol. The molecule has 1 amide bonds. The Morgan fingerprint density at radius 2 is 2.24 bits per heavy atom. The maximum atomic E-state index is 12.5. The number of amides is 1. The van der Waals surface area contributed by atoms with Gasteiger partial charge in [-0.25, -0.2) is 0 Å². The van der Waals surface area contributed by atoms with E-state index in [0.29, 0.717) is 17.9 Å². The number of methoxy groups -OCH3 is 1. The molecule has 0 bridgehead atoms. The van der Waals surface area contributed by atoms with Crippen LogP contribution in [0, 0.1) is 0 Å². The third kappa shape index (κ3) is 3.67. The molecule has 2 N–H and O–H groups in total. The van der Waals surface area contributed by atoms with Crippen molar-refractivity contribution in [3.8, 4) is 17.0 Å². The number of nitrogens with zero attached hydrogens (tertiary/aromatic N) is 2. The number of ether oxygens (including phenoxy) is 1. The van der Waals surface area contributed by atoms with Crippen LogP contribution < -0.4 is 10.1 Å². The Morgan fingerprint density at radius 1 is 1.44 bits per heavy atom. The summed E-state index contributed by atoms with van der Waals surface area (Å²) in [6.07, 6.45) is 1.08. The first-order valence-electron chi connectivity index (χ1n) is 8.28. The highest BCUT2D eigenvalue weighted by atomic mass is 32.2. The molecule has 1 atom stereocenters. The van der Waals surface area contributed by atoms with Crippen LogP contribution in [0.5, 0.6) is 5.75 Å². The second kappa shape index (κ2) is 7.49. The number of thioether (sulfide) groups is 1. The number of carbonyl (C=O) groups excluding carboxylic acids is 1. The quantitative estimate of drug-likeness (QED) is 0.827. The molecule has 0 unspecified atom stereocenters. The highest BCUT2D eigenvalue weighted by Gasteiger charge is 2.36. The van der Waals surface area contributed by atoms with E-state index < -0.39 is 0 Å². The van der Waals surface area contributed by atoms with Gasteiger partial charge in [0.25, 0.3) is 5.91 Å². The van der Waals surface area contributed by atoms with Gasteiger partial charge < -0.3 is 15.0 Å². The zero-order valence-corrected chi connectivity index (χ0v) is 15.7. The topological polar surface area (TPSA) is 70.2 Å². The number of hydrogen-bond donors (Lipinski definition) is 2. The van der Waals surface area contributed by atoms with Crippen LogP contribution in [0.4, 0.5) is 0 Å². The normalized spacial score (nSPS) is 20.0. The molecule has 1 saturated heterocycles. The number of H-pyrrole nitrogens is 1. The molecule has 1 aromatic heterocycles. The third-order valence-electron chi connectivity index (χ3n) is 4.81. The van der Waals surface area contributed by atoms with Crippen LogP contribution in [0.1, 0.15) is 16.9 Å². The standard InChI is InChI=1S/C18H24N4O2S/c1-22(2)18(8-9-25-12-18)11-19-17(23)15-10-14(20-21-15)13-6-4-5-7-16(13)24-3/h4-7,10H,8-9,11-12H2,1-3H3,(H,19,23)(H,20,21)/t18-/m0/s1. The summed E-state index contributed by atoms with van der Waals surface area (Å²) >= 11 is 1.94. The van der Waals surface area contributed by atoms with Crippen LogP contribution in [0.2, 0.25) is 0 Å². The molecular weight excluding hydrogens is 336 g/mol. The van der Waals surface area contributed by atoms with Gasteiger partial charge in [0.05, 0.1) is 12.8 Å². The minimum atomic E-state index is -0.133. The first-order chi connectivity index (χ1) is 12.1. The first kappa shape index (κ1) is 17.8. The van der Waals surface area contributed by atoms with E-state index in [2.05, 4.69) is 34.5 Å². The van der Waals surface area contributed by atoms with Crippen molar-refractivity contribution in [2.24, 2.45) is 0 Å². The summed E-state index contributed by atoms with van der Waals surface area (Å²) in [5.74, 6) is 2.77. The number of rotatable bonds is 6. The van der Waals surface area contributed by atoms with E-state index in [1.165, 1.54) is 0 Å². The molecule has 25 heavy (non-hydrogen) atoms. The Kier molecular flexibility index (Phi) is 5.34. The fourth-order valence-electron chi connectivity index (χ4n) is 3.02. The lowest BCUT2D eigenvalue weighted by Crippen LogP contribution is -2.53. The largest absolute Gasteiger partial charge is 0.496 e. The second-order valence-electron chi connectivity index (χ2n) is 6.47. The number of benzene rings is 1. The smallest absolute Gasteiger partial charge is 0.269 e. The fourth-order valence-corrected chi connectivity index (χ4v) is 4.57. The summed E-state index contributed by atoms with van der Waals surface area (Å²) in [4.78, 5) is 14.7. The number of para-hydroxylation sites is 1. The maximum absolute atomic E-state index is 12.5. The Labute approximate surface area is 152 Å². The third-order valence-corrected chi connectivity index (χ3v) is 6.05. The van der Waals surface area contributed by atoms with Crippen LogP contribution in [-0.2, 0) is 0 Å². The van der Waals surface area contributed by atoms with Crippen molar-refractivity contribution in [3.05, 3.63) is 36.0 Å². The molecule has 1 aromatic carbocycles. The fraction of sp³-hybridized carbons (Fsp3) is 0.444. The van der Waals surface area contributed by atoms with Gasteiger partial charge in [-0.3, -0.25) is 9.89 Å². The van der Waals surface area contributed by atoms with E-state index in [4.69, 9.17) is 4.74 Å². The van der Waals surface area contributed by atoms with Crippen molar-refractivity contribution in [2.45, 2.75) is 12.0 Å². The minimum absolute atomic E-state index is 0.0336. The van der Waals surface area contributed by atoms with Crippen LogP contribution in [0.25, 0.3) is 11.3 Å². The first-order valence-corrected chi connectivity index (χ1v) is 9.43. The molecule has 3 rings (SSSR count). The Hall–Kier alpha value is -1.99. The molecule has 7 heteroatoms. The zero-order chi connectivity index (χ0) is 17.9. The molecule has 0 spiro atoms. The number of aromatic nitrogens is 2. The Morgan fingerprint density at radius 3 is 2.92 bits per heavy atom. The van der Waals surface area contributed by atoms with Gasteiger partial charge in [0, 0.05) is 23.4 Å². The summed E-state index contributed by atoms with van der Waals surface area (Å²) < 4.78 is 5.36. The van der Waals surface area contributed by atoms with E-state index in [1.54, 1.807) is 13.2 Å². The number of carbonyl (C=O) groups is 1. The van der Waals surface area contributed by atoms with Gasteiger partial charge in [-0.05, 0) is 44.5 Å². The van der Waals surface area contributed by atoms with Gasteiger partial charge in [-0.15, -0.1) is 0 Å². The van der Waals surface area contributed by atoms with Gasteiger partial charge in [0.2, 0.25) is 0 Å². The van der Waals surface area contributed by atoms with Gasteiger partial charge in [-0.2, -0.15) is 16.9 Å². The highest BCUT2D eigenvalue weighted by molar-refractivity contribution is 7.99. The Balaban J connectivity index is 1.71. The zero-order valence-electron chi connectivity index (χ0n) is 14.8. The average molecular weight is 360 g/mol. The number of aromatic amines is 1. The number of nitrogens with one attached hydrogen (secondary N) is 2. The lowest BCUT2D eigenvalue weighted by Gasteiger charge is -2.35. The van der Waals surface area contributed by atoms with Gasteiger partial charge in [-0.1, -0.05) is 12.1 Å². The van der Waals surface area contributed by atoms with E-state index >= 15 is 0 Å². The van der Waals surface area contributed by atoms with E-state index in [0.717, 1.165) is 29.2 Å². The summed E-state index contributed by atoms with van der Waals surface area (Å²) in [5, 5.41) is 10.2. The summed E-state index contributed by atoms with van der Waals surface area (Å²) in [5.41, 5.74) is 2.05. The second-order valence-corrected chi connectivity index (χ2v) is 7.58. The molecule has 0 saturated carbocycles. The summed E-state index contributed by atoms with van der Waals surface area (Å²) in [6, 6.07) is 9.39. The Bertz CT molecular complexity index is 738. The van der Waals surface area contributed by atoms with Gasteiger partial charge in [0.1, 0.15) is 11.4 Å². The number of likely N-dealkylation sites (N-methyl/N-ethyl adjacent to an activating group) is 1. The highest BCUT2D eigenvalue weighted by Crippen LogP contribution is 2.31. The minimum Gasteiger partial charge on any atom is -0.496 e. The van der Waals surface area contributed by atoms with Crippen LogP contribution in [-0.4, -0.2) is 65.8 Å². The van der Waals surface area contributed by atoms with Crippen LogP contribution in [0.3, 0.4) is 0 Å². The van der Waals surface area contributed by atoms with Crippen molar-refractivity contribution in [2.75, 3.05) is 39.3 Å². The van der Waals surface area contributed by atoms with E-state index in [9.17, 15) is 4.79 Å². The van der Waals surface area contributed by atoms with Crippen molar-refractivity contribution in [1.82, 2.24) is 20.4 Å². The van der Waals surface area contributed by atoms with Crippen molar-refractivity contribution >= 4 is 17.7 Å². The van der Waals surface area contributed by atoms with Gasteiger partial charge in [0.15, 0.2) is 0 Å². The molecule has 0 aliphatic carbocycles. The maximum Gasteiger partial charge on any atom is 0.269 e. The molecule has 1 aliphatic rings. The molecular formula is C18H24N4O2S. The predicted octanol–water partition coefficient (Wildman–Crippen LogP) is 2.25. The van der Waals surface area contributed by atoms with Crippen LogP contribution in [0.15, 0.2) is 30.3 Å². The predicted molar refractivity (Wildman–Crippen MR) is 101 cm³/mol. The molecule has 6 nitrogen and oxygen atoms in total. The lowest BCUT2D eigenvalue weighted by atomic mass is 9.97. The summed E-state index contributed by atoms with van der Waals surface area (Å²) in [6.45, 7) is 0.634. The molecule has 0 radical (unpaired) electrons. The molecule has 2 aromatic rings. The van der Waals surface area contributed by atoms with Crippen molar-refractivity contribution < 1.29 is 9.53 Å². The summed E-state index contributed by atoms with van der Waals surface area (Å²) in [7, 11) is 5.78. The van der Waals surface area contributed by atoms with Gasteiger partial charge >= 0.3 is 0 Å². The molecule has 1 fully saturated rings. The van der Waals surface area contributed by atoms with Crippen molar-refractivity contribution in [3.63, 3.8) is 0 Å². The van der Waals surface area contributed by atoms with Crippen molar-refractivity contribution in [1.29, 1.82) is 0 Å². The lowest BCUT2D eigenvalue weighted by molar-refractivity contribution is 0.0909. The van der Waals surface area contributed by atoms with E-state index in [-0.39, 0.29) is 11.4 Å². The molecule has 1 aliphatic heterocycles. The average Bonchev–Trinajstić information content (AvgIpc) is 3.30. The SMILES string of the molecule is COc1ccccc1-c1cc(C(=O)NC[C@@]2(N(C)C)CCSC2)[nH]n1. The van der Waals surface area contributed by atoms with Crippen LogP contribution >= 0.6 is 11.8 Å². The molecule has 134 valence electrons. The number of hydrogen-bond acceptors (Lipinski definition) is 5. The van der Waals surface area contributed by atoms with E-state index in [1.807, 2.05) is 36.0 Å². The molecule has 2 heterocycles.